The second-order valence-corrected chi connectivity index (χ2v) is 5.68. The Morgan fingerprint density at radius 2 is 2.00 bits per heavy atom. The van der Waals surface area contributed by atoms with E-state index in [1.54, 1.807) is 7.11 Å². The van der Waals surface area contributed by atoms with Gasteiger partial charge in [0.05, 0.1) is 12.3 Å². The second-order valence-electron chi connectivity index (χ2n) is 4.69. The predicted molar refractivity (Wildman–Crippen MR) is 82.7 cm³/mol. The van der Waals surface area contributed by atoms with E-state index in [1.807, 2.05) is 18.8 Å². The van der Waals surface area contributed by atoms with Crippen LogP contribution in [-0.4, -0.2) is 24.1 Å². The monoisotopic (exact) mass is 287 g/mol. The van der Waals surface area contributed by atoms with Crippen molar-refractivity contribution in [1.29, 1.82) is 0 Å². The molecule has 0 aliphatic carbocycles. The van der Waals surface area contributed by atoms with Crippen LogP contribution < -0.4 is 5.32 Å². The molecular weight excluding hydrogens is 270 g/mol. The van der Waals surface area contributed by atoms with Crippen molar-refractivity contribution in [3.63, 3.8) is 0 Å². The zero-order chi connectivity index (χ0) is 13.9. The van der Waals surface area contributed by atoms with Gasteiger partial charge in [-0.05, 0) is 5.56 Å². The van der Waals surface area contributed by atoms with Crippen molar-refractivity contribution in [2.24, 2.45) is 0 Å². The summed E-state index contributed by atoms with van der Waals surface area (Å²) in [4.78, 5) is 9.35. The van der Waals surface area contributed by atoms with E-state index < -0.39 is 0 Å². The number of rotatable bonds is 4. The smallest absolute Gasteiger partial charge is 0.161 e. The van der Waals surface area contributed by atoms with Crippen LogP contribution in [0.5, 0.6) is 0 Å². The first kappa shape index (κ1) is 13.4. The fourth-order valence-electron chi connectivity index (χ4n) is 2.30. The molecule has 0 spiro atoms. The number of thioether (sulfide) groups is 1. The maximum Gasteiger partial charge on any atom is 0.161 e. The van der Waals surface area contributed by atoms with Gasteiger partial charge in [0.15, 0.2) is 5.82 Å². The van der Waals surface area contributed by atoms with E-state index in [2.05, 4.69) is 34.6 Å². The number of hydrogen-bond acceptors (Lipinski definition) is 5. The van der Waals surface area contributed by atoms with Crippen molar-refractivity contribution in [2.45, 2.75) is 18.1 Å². The number of ether oxygens (including phenoxy) is 1. The maximum atomic E-state index is 5.13. The van der Waals surface area contributed by atoms with Crippen molar-refractivity contribution >= 4 is 17.6 Å². The fourth-order valence-corrected chi connectivity index (χ4v) is 3.35. The fraction of sp³-hybridized carbons (Fsp3) is 0.333. The van der Waals surface area contributed by atoms with Crippen LogP contribution >= 0.6 is 11.8 Å². The van der Waals surface area contributed by atoms with Gasteiger partial charge in [0.1, 0.15) is 5.82 Å². The number of aromatic nitrogens is 2. The molecular formula is C15H17N3OS. The minimum absolute atomic E-state index is 0.629. The van der Waals surface area contributed by atoms with E-state index >= 15 is 0 Å². The highest BCUT2D eigenvalue weighted by molar-refractivity contribution is 7.98. The van der Waals surface area contributed by atoms with Crippen molar-refractivity contribution in [3.05, 3.63) is 41.1 Å². The van der Waals surface area contributed by atoms with Gasteiger partial charge in [-0.15, -0.1) is 0 Å². The number of nitrogens with zero attached hydrogens (tertiary/aromatic N) is 2. The van der Waals surface area contributed by atoms with Crippen molar-refractivity contribution in [3.8, 4) is 11.4 Å². The Balaban J connectivity index is 1.97. The normalized spacial score (nSPS) is 13.3. The van der Waals surface area contributed by atoms with Gasteiger partial charge in [-0.25, -0.2) is 9.97 Å². The van der Waals surface area contributed by atoms with E-state index in [4.69, 9.17) is 9.72 Å². The van der Waals surface area contributed by atoms with Crippen LogP contribution in [0.4, 0.5) is 5.82 Å². The largest absolute Gasteiger partial charge is 0.380 e. The number of hydrogen-bond donors (Lipinski definition) is 1. The van der Waals surface area contributed by atoms with Gasteiger partial charge in [-0.2, -0.15) is 11.8 Å². The van der Waals surface area contributed by atoms with E-state index in [-0.39, 0.29) is 0 Å². The predicted octanol–water partition coefficient (Wildman–Crippen LogP) is 3.08. The summed E-state index contributed by atoms with van der Waals surface area (Å²) in [6, 6.07) is 8.22. The Labute approximate surface area is 123 Å². The molecule has 0 bridgehead atoms. The van der Waals surface area contributed by atoms with Gasteiger partial charge < -0.3 is 10.1 Å². The lowest BCUT2D eigenvalue weighted by atomic mass is 10.1. The number of methoxy groups -OCH3 is 1. The molecule has 1 N–H and O–H groups in total. The summed E-state index contributed by atoms with van der Waals surface area (Å²) in [6.45, 7) is 0.629. The first-order valence-corrected chi connectivity index (χ1v) is 7.71. The summed E-state index contributed by atoms with van der Waals surface area (Å²) in [5.74, 6) is 3.72. The molecule has 0 unspecified atom stereocenters. The van der Waals surface area contributed by atoms with Crippen molar-refractivity contribution < 1.29 is 4.74 Å². The SMILES string of the molecule is CNc1nc(-c2ccc(COC)cc2)nc2c1CSC2. The first-order chi connectivity index (χ1) is 9.81. The molecule has 0 amide bonds. The highest BCUT2D eigenvalue weighted by Crippen LogP contribution is 2.34. The summed E-state index contributed by atoms with van der Waals surface area (Å²) < 4.78 is 5.13. The van der Waals surface area contributed by atoms with E-state index in [0.717, 1.165) is 40.0 Å². The Morgan fingerprint density at radius 1 is 1.20 bits per heavy atom. The molecule has 2 aromatic rings. The molecule has 0 fully saturated rings. The van der Waals surface area contributed by atoms with Gasteiger partial charge in [-0.1, -0.05) is 24.3 Å². The van der Waals surface area contributed by atoms with Crippen LogP contribution in [0.3, 0.4) is 0 Å². The number of nitrogens with one attached hydrogen (secondary N) is 1. The van der Waals surface area contributed by atoms with Crippen LogP contribution in [0.1, 0.15) is 16.8 Å². The third kappa shape index (κ3) is 2.51. The Bertz CT molecular complexity index is 613. The Kier molecular flexibility index (Phi) is 3.89. The van der Waals surface area contributed by atoms with E-state index in [0.29, 0.717) is 6.61 Å². The van der Waals surface area contributed by atoms with Crippen LogP contribution in [0.15, 0.2) is 24.3 Å². The average Bonchev–Trinajstić information content (AvgIpc) is 2.95. The lowest BCUT2D eigenvalue weighted by Gasteiger charge is -2.09. The lowest BCUT2D eigenvalue weighted by molar-refractivity contribution is 0.185. The zero-order valence-corrected chi connectivity index (χ0v) is 12.5. The Morgan fingerprint density at radius 3 is 2.70 bits per heavy atom. The summed E-state index contributed by atoms with van der Waals surface area (Å²) >= 11 is 1.89. The highest BCUT2D eigenvalue weighted by atomic mass is 32.2. The standard InChI is InChI=1S/C15H17N3OS/c1-16-15-12-8-20-9-13(12)17-14(18-15)11-5-3-10(4-6-11)7-19-2/h3-6H,7-9H2,1-2H3,(H,16,17,18). The average molecular weight is 287 g/mol. The molecule has 0 saturated carbocycles. The molecule has 1 aromatic heterocycles. The molecule has 0 atom stereocenters. The molecule has 1 aromatic carbocycles. The van der Waals surface area contributed by atoms with Crippen molar-refractivity contribution in [1.82, 2.24) is 9.97 Å². The van der Waals surface area contributed by atoms with Gasteiger partial charge in [0.2, 0.25) is 0 Å². The number of anilines is 1. The minimum Gasteiger partial charge on any atom is -0.380 e. The lowest BCUT2D eigenvalue weighted by Crippen LogP contribution is -2.03. The maximum absolute atomic E-state index is 5.13. The van der Waals surface area contributed by atoms with Gasteiger partial charge in [0, 0.05) is 36.8 Å². The third-order valence-corrected chi connectivity index (χ3v) is 4.31. The summed E-state index contributed by atoms with van der Waals surface area (Å²) in [7, 11) is 3.62. The quantitative estimate of drug-likeness (QED) is 0.936. The van der Waals surface area contributed by atoms with Crippen LogP contribution in [0.2, 0.25) is 0 Å². The van der Waals surface area contributed by atoms with Crippen LogP contribution in [-0.2, 0) is 22.8 Å². The molecule has 5 heteroatoms. The molecule has 20 heavy (non-hydrogen) atoms. The minimum atomic E-state index is 0.629. The molecule has 1 aliphatic rings. The molecule has 104 valence electrons. The topological polar surface area (TPSA) is 47.0 Å². The molecule has 0 saturated heterocycles. The highest BCUT2D eigenvalue weighted by Gasteiger charge is 2.19. The van der Waals surface area contributed by atoms with E-state index in [1.165, 1.54) is 5.56 Å². The van der Waals surface area contributed by atoms with Crippen LogP contribution in [0, 0.1) is 0 Å². The van der Waals surface area contributed by atoms with Crippen LogP contribution in [0.25, 0.3) is 11.4 Å². The Hall–Kier alpha value is -1.59. The summed E-state index contributed by atoms with van der Waals surface area (Å²) in [6.07, 6.45) is 0. The number of fused-ring (bicyclic) bond motifs is 1. The molecule has 3 rings (SSSR count). The third-order valence-electron chi connectivity index (χ3n) is 3.34. The first-order valence-electron chi connectivity index (χ1n) is 6.55. The zero-order valence-electron chi connectivity index (χ0n) is 11.6. The van der Waals surface area contributed by atoms with Gasteiger partial charge >= 0.3 is 0 Å². The summed E-state index contributed by atoms with van der Waals surface area (Å²) in [5.41, 5.74) is 4.60. The summed E-state index contributed by atoms with van der Waals surface area (Å²) in [5, 5.41) is 3.18. The molecule has 4 nitrogen and oxygen atoms in total. The van der Waals surface area contributed by atoms with Gasteiger partial charge in [-0.3, -0.25) is 0 Å². The van der Waals surface area contributed by atoms with Crippen molar-refractivity contribution in [2.75, 3.05) is 19.5 Å². The molecule has 2 heterocycles. The van der Waals surface area contributed by atoms with E-state index in [9.17, 15) is 0 Å². The molecule has 0 radical (unpaired) electrons. The number of benzene rings is 1. The second kappa shape index (κ2) is 5.81. The van der Waals surface area contributed by atoms with Gasteiger partial charge in [0.25, 0.3) is 0 Å². The molecule has 1 aliphatic heterocycles.